The molecule has 2 amide bonds. The van der Waals surface area contributed by atoms with Gasteiger partial charge in [0.25, 0.3) is 10.0 Å². The number of benzene rings is 1. The molecule has 0 aliphatic rings. The molecule has 0 atom stereocenters. The van der Waals surface area contributed by atoms with E-state index in [2.05, 4.69) is 0 Å². The molecule has 0 aliphatic carbocycles. The van der Waals surface area contributed by atoms with E-state index < -0.39 is 28.3 Å². The fourth-order valence-corrected chi connectivity index (χ4v) is 1.87. The molecule has 0 saturated carbocycles. The van der Waals surface area contributed by atoms with Crippen molar-refractivity contribution in [1.82, 2.24) is 10.3 Å². The first-order valence-electron chi connectivity index (χ1n) is 4.56. The van der Waals surface area contributed by atoms with Crippen LogP contribution in [0.2, 0.25) is 0 Å². The van der Waals surface area contributed by atoms with Crippen LogP contribution in [0, 0.1) is 0 Å². The second-order valence-electron chi connectivity index (χ2n) is 3.11. The Hall–Kier alpha value is -1.93. The molecule has 4 N–H and O–H groups in total. The molecule has 8 heteroatoms. The van der Waals surface area contributed by atoms with Gasteiger partial charge in [0.15, 0.2) is 0 Å². The third-order valence-corrected chi connectivity index (χ3v) is 2.98. The van der Waals surface area contributed by atoms with Crippen molar-refractivity contribution in [1.29, 1.82) is 0 Å². The van der Waals surface area contributed by atoms with Crippen molar-refractivity contribution in [3.8, 4) is 0 Å². The third kappa shape index (κ3) is 4.21. The van der Waals surface area contributed by atoms with Gasteiger partial charge in [0, 0.05) is 0 Å². The summed E-state index contributed by atoms with van der Waals surface area (Å²) in [5, 5.41) is 0. The number of primary amides is 1. The highest BCUT2D eigenvalue weighted by Crippen LogP contribution is 2.05. The summed E-state index contributed by atoms with van der Waals surface area (Å²) in [6, 6.07) is 7.47. The van der Waals surface area contributed by atoms with E-state index in [0.717, 1.165) is 0 Å². The van der Waals surface area contributed by atoms with E-state index in [1.165, 1.54) is 12.1 Å². The van der Waals surface area contributed by atoms with Gasteiger partial charge in [-0.2, -0.15) is 0 Å². The lowest BCUT2D eigenvalue weighted by Gasteiger charge is -2.07. The molecular weight excluding hydrogens is 246 g/mol. The summed E-state index contributed by atoms with van der Waals surface area (Å²) in [4.78, 5) is 23.2. The Morgan fingerprint density at radius 1 is 1.18 bits per heavy atom. The van der Waals surface area contributed by atoms with Crippen molar-refractivity contribution in [2.45, 2.75) is 11.3 Å². The summed E-state index contributed by atoms with van der Waals surface area (Å²) in [5.41, 5.74) is 6.64. The predicted octanol–water partition coefficient (Wildman–Crippen LogP) is -1.13. The molecule has 0 aliphatic heterocycles. The van der Waals surface area contributed by atoms with Gasteiger partial charge < -0.3 is 5.73 Å². The number of hydrogen-bond acceptors (Lipinski definition) is 4. The van der Waals surface area contributed by atoms with Crippen LogP contribution in [-0.4, -0.2) is 20.2 Å². The molecule has 0 spiro atoms. The summed E-state index contributed by atoms with van der Waals surface area (Å²) >= 11 is 0. The number of carbonyl (C=O) groups excluding carboxylic acids is 2. The quantitative estimate of drug-likeness (QED) is 0.457. The number of hydrogen-bond donors (Lipinski definition) is 3. The molecule has 0 bridgehead atoms. The zero-order valence-corrected chi connectivity index (χ0v) is 9.53. The van der Waals surface area contributed by atoms with Crippen LogP contribution in [-0.2, 0) is 19.6 Å². The Balaban J connectivity index is 2.63. The van der Waals surface area contributed by atoms with Crippen LogP contribution in [0.15, 0.2) is 35.2 Å². The zero-order valence-electron chi connectivity index (χ0n) is 8.71. The van der Waals surface area contributed by atoms with Crippen LogP contribution < -0.4 is 16.0 Å². The van der Waals surface area contributed by atoms with Gasteiger partial charge in [-0.3, -0.25) is 15.0 Å². The Kier molecular flexibility index (Phi) is 4.18. The molecular formula is C9H11N3O4S. The first-order valence-corrected chi connectivity index (χ1v) is 6.04. The number of amides is 2. The van der Waals surface area contributed by atoms with E-state index in [1.807, 2.05) is 10.3 Å². The zero-order chi connectivity index (χ0) is 12.9. The molecule has 0 saturated heterocycles. The maximum absolute atomic E-state index is 11.6. The molecule has 1 aromatic carbocycles. The highest BCUT2D eigenvalue weighted by molar-refractivity contribution is 7.89. The summed E-state index contributed by atoms with van der Waals surface area (Å²) < 4.78 is 23.2. The maximum Gasteiger partial charge on any atom is 0.257 e. The lowest BCUT2D eigenvalue weighted by molar-refractivity contribution is -0.127. The minimum absolute atomic E-state index is 0.000579. The maximum atomic E-state index is 11.6. The number of hydrazine groups is 1. The van der Waals surface area contributed by atoms with Gasteiger partial charge in [-0.25, -0.2) is 8.42 Å². The molecule has 1 aromatic rings. The van der Waals surface area contributed by atoms with Crippen molar-refractivity contribution >= 4 is 21.8 Å². The fourth-order valence-electron chi connectivity index (χ4n) is 0.985. The van der Waals surface area contributed by atoms with E-state index in [1.54, 1.807) is 18.2 Å². The van der Waals surface area contributed by atoms with Crippen molar-refractivity contribution in [2.75, 3.05) is 0 Å². The summed E-state index contributed by atoms with van der Waals surface area (Å²) in [5.74, 6) is -1.67. The minimum Gasteiger partial charge on any atom is -0.369 e. The highest BCUT2D eigenvalue weighted by Gasteiger charge is 2.14. The summed E-state index contributed by atoms with van der Waals surface area (Å²) in [6.07, 6.45) is -0.586. The van der Waals surface area contributed by atoms with Crippen LogP contribution in [0.5, 0.6) is 0 Å². The molecule has 0 radical (unpaired) electrons. The number of rotatable bonds is 5. The highest BCUT2D eigenvalue weighted by atomic mass is 32.2. The first kappa shape index (κ1) is 13.1. The van der Waals surface area contributed by atoms with Crippen LogP contribution in [0.1, 0.15) is 6.42 Å². The number of nitrogens with one attached hydrogen (secondary N) is 2. The molecule has 17 heavy (non-hydrogen) atoms. The molecule has 0 fully saturated rings. The van der Waals surface area contributed by atoms with Gasteiger partial charge >= 0.3 is 0 Å². The van der Waals surface area contributed by atoms with E-state index >= 15 is 0 Å². The SMILES string of the molecule is NC(=O)CC(=O)NNS(=O)(=O)c1ccccc1. The van der Waals surface area contributed by atoms with Gasteiger partial charge in [0.1, 0.15) is 6.42 Å². The van der Waals surface area contributed by atoms with Crippen LogP contribution in [0.25, 0.3) is 0 Å². The van der Waals surface area contributed by atoms with Crippen molar-refractivity contribution in [3.05, 3.63) is 30.3 Å². The monoisotopic (exact) mass is 257 g/mol. The summed E-state index contributed by atoms with van der Waals surface area (Å²) in [6.45, 7) is 0. The molecule has 92 valence electrons. The molecule has 0 aromatic heterocycles. The number of sulfonamides is 1. The Labute approximate surface area is 98.0 Å². The van der Waals surface area contributed by atoms with E-state index in [-0.39, 0.29) is 4.90 Å². The normalized spacial score (nSPS) is 10.8. The van der Waals surface area contributed by atoms with Crippen molar-refractivity contribution in [2.24, 2.45) is 5.73 Å². The third-order valence-electron chi connectivity index (χ3n) is 1.71. The minimum atomic E-state index is -3.83. The second-order valence-corrected chi connectivity index (χ2v) is 4.79. The molecule has 7 nitrogen and oxygen atoms in total. The molecule has 0 unspecified atom stereocenters. The van der Waals surface area contributed by atoms with Crippen LogP contribution in [0.3, 0.4) is 0 Å². The summed E-state index contributed by atoms with van der Waals surface area (Å²) in [7, 11) is -3.83. The second kappa shape index (κ2) is 5.41. The van der Waals surface area contributed by atoms with Gasteiger partial charge in [-0.1, -0.05) is 18.2 Å². The molecule has 0 heterocycles. The standard InChI is InChI=1S/C9H11N3O4S/c10-8(13)6-9(14)11-12-17(15,16)7-4-2-1-3-5-7/h1-5,12H,6H2,(H2,10,13)(H,11,14). The predicted molar refractivity (Wildman–Crippen MR) is 58.7 cm³/mol. The largest absolute Gasteiger partial charge is 0.369 e. The van der Waals surface area contributed by atoms with E-state index in [9.17, 15) is 18.0 Å². The van der Waals surface area contributed by atoms with Crippen molar-refractivity contribution < 1.29 is 18.0 Å². The smallest absolute Gasteiger partial charge is 0.257 e. The van der Waals surface area contributed by atoms with Gasteiger partial charge in [0.05, 0.1) is 4.90 Å². The van der Waals surface area contributed by atoms with Crippen molar-refractivity contribution in [3.63, 3.8) is 0 Å². The van der Waals surface area contributed by atoms with Gasteiger partial charge in [-0.15, -0.1) is 4.83 Å². The topological polar surface area (TPSA) is 118 Å². The first-order chi connectivity index (χ1) is 7.92. The average molecular weight is 257 g/mol. The van der Waals surface area contributed by atoms with E-state index in [4.69, 9.17) is 5.73 Å². The van der Waals surface area contributed by atoms with Crippen LogP contribution in [0.4, 0.5) is 0 Å². The lowest BCUT2D eigenvalue weighted by Crippen LogP contribution is -2.42. The van der Waals surface area contributed by atoms with Gasteiger partial charge in [-0.05, 0) is 12.1 Å². The Morgan fingerprint density at radius 2 is 1.76 bits per heavy atom. The number of nitrogens with two attached hydrogens (primary N) is 1. The van der Waals surface area contributed by atoms with Crippen LogP contribution >= 0.6 is 0 Å². The molecule has 1 rings (SSSR count). The Bertz CT molecular complexity index is 512. The lowest BCUT2D eigenvalue weighted by atomic mass is 10.4. The van der Waals surface area contributed by atoms with Gasteiger partial charge in [0.2, 0.25) is 11.8 Å². The fraction of sp³-hybridized carbons (Fsp3) is 0.111. The Morgan fingerprint density at radius 3 is 2.29 bits per heavy atom. The average Bonchev–Trinajstić information content (AvgIpc) is 2.27. The number of carbonyl (C=O) groups is 2. The van der Waals surface area contributed by atoms with E-state index in [0.29, 0.717) is 0 Å².